The number of ether oxygens (including phenoxy) is 4. The van der Waals surface area contributed by atoms with Gasteiger partial charge < -0.3 is 24.7 Å². The first-order valence-corrected chi connectivity index (χ1v) is 12.6. The molecule has 9 heteroatoms. The molecule has 9 nitrogen and oxygen atoms in total. The molecule has 1 saturated heterocycles. The summed E-state index contributed by atoms with van der Waals surface area (Å²) < 4.78 is 21.8. The lowest BCUT2D eigenvalue weighted by atomic mass is 9.72. The lowest BCUT2D eigenvalue weighted by Gasteiger charge is -2.50. The minimum atomic E-state index is -0.641. The summed E-state index contributed by atoms with van der Waals surface area (Å²) >= 11 is 0. The Labute approximate surface area is 218 Å². The van der Waals surface area contributed by atoms with Crippen molar-refractivity contribution in [2.75, 3.05) is 33.9 Å². The molecule has 2 aromatic rings. The number of pyridine rings is 1. The number of aryl methyl sites for hydroxylation is 1. The fraction of sp³-hybridized carbons (Fsp3) is 0.536. The second kappa shape index (κ2) is 10.7. The van der Waals surface area contributed by atoms with Crippen LogP contribution in [-0.2, 0) is 25.5 Å². The molecule has 0 saturated carbocycles. The summed E-state index contributed by atoms with van der Waals surface area (Å²) in [6.07, 6.45) is 2.54. The van der Waals surface area contributed by atoms with Crippen LogP contribution in [0.4, 0.5) is 0 Å². The van der Waals surface area contributed by atoms with E-state index < -0.39 is 23.5 Å². The average Bonchev–Trinajstić information content (AvgIpc) is 2.84. The van der Waals surface area contributed by atoms with Gasteiger partial charge in [-0.15, -0.1) is 0 Å². The van der Waals surface area contributed by atoms with E-state index in [9.17, 15) is 9.59 Å². The molecule has 37 heavy (non-hydrogen) atoms. The molecule has 1 aromatic carbocycles. The molecule has 4 rings (SSSR count). The lowest BCUT2D eigenvalue weighted by molar-refractivity contribution is -0.164. The number of benzene rings is 1. The number of carbonyl (C=O) groups excluding carboxylic acids is 2. The van der Waals surface area contributed by atoms with Gasteiger partial charge in [-0.2, -0.15) is 0 Å². The summed E-state index contributed by atoms with van der Waals surface area (Å²) in [5.41, 5.74) is 10.3. The Kier molecular flexibility index (Phi) is 7.75. The number of aromatic nitrogens is 1. The second-order valence-corrected chi connectivity index (χ2v) is 10.8. The zero-order valence-corrected chi connectivity index (χ0v) is 22.4. The molecule has 0 spiro atoms. The zero-order valence-electron chi connectivity index (χ0n) is 22.4. The maximum absolute atomic E-state index is 13.6. The molecule has 2 aliphatic rings. The summed E-state index contributed by atoms with van der Waals surface area (Å²) in [5.74, 6) is -0.613. The molecule has 4 unspecified atom stereocenters. The minimum Gasteiger partial charge on any atom is -0.493 e. The van der Waals surface area contributed by atoms with E-state index in [-0.39, 0.29) is 24.5 Å². The topological polar surface area (TPSA) is 113 Å². The smallest absolute Gasteiger partial charge is 0.343 e. The normalized spacial score (nSPS) is 23.4. The van der Waals surface area contributed by atoms with Crippen molar-refractivity contribution in [2.24, 2.45) is 11.7 Å². The van der Waals surface area contributed by atoms with Crippen LogP contribution in [0.5, 0.6) is 11.5 Å². The standard InChI is InChI=1S/C28H37N3O6/c1-16-7-9-30-20(11-16)19-14-31-10-8-17-12-22(36-15-23(32)35-6)21(34-5)13-18(17)26(31)25(29)24(19)27(33)37-28(2,3)4/h7,9,11-13,19,24-26H,8,10,14-15,29H2,1-6H3. The van der Waals surface area contributed by atoms with Crippen LogP contribution in [0, 0.1) is 12.8 Å². The Bertz CT molecular complexity index is 1160. The predicted molar refractivity (Wildman–Crippen MR) is 138 cm³/mol. The largest absolute Gasteiger partial charge is 0.493 e. The molecule has 0 aliphatic carbocycles. The van der Waals surface area contributed by atoms with E-state index in [0.29, 0.717) is 18.0 Å². The van der Waals surface area contributed by atoms with Crippen molar-refractivity contribution in [1.29, 1.82) is 0 Å². The average molecular weight is 512 g/mol. The van der Waals surface area contributed by atoms with Crippen LogP contribution in [0.3, 0.4) is 0 Å². The van der Waals surface area contributed by atoms with E-state index in [1.807, 2.05) is 52.0 Å². The number of rotatable bonds is 6. The van der Waals surface area contributed by atoms with E-state index in [0.717, 1.165) is 35.3 Å². The number of nitrogens with two attached hydrogens (primary N) is 1. The minimum absolute atomic E-state index is 0.202. The van der Waals surface area contributed by atoms with Crippen LogP contribution in [0.15, 0.2) is 30.5 Å². The highest BCUT2D eigenvalue weighted by Gasteiger charge is 2.50. The van der Waals surface area contributed by atoms with Crippen LogP contribution < -0.4 is 15.2 Å². The molecule has 1 aromatic heterocycles. The molecule has 200 valence electrons. The molecule has 3 heterocycles. The molecular formula is C28H37N3O6. The highest BCUT2D eigenvalue weighted by Crippen LogP contribution is 2.46. The summed E-state index contributed by atoms with van der Waals surface area (Å²) in [6.45, 7) is 8.78. The number of nitrogens with zero attached hydrogens (tertiary/aromatic N) is 2. The molecule has 2 N–H and O–H groups in total. The summed E-state index contributed by atoms with van der Waals surface area (Å²) in [6, 6.07) is 7.03. The van der Waals surface area contributed by atoms with Crippen molar-refractivity contribution >= 4 is 11.9 Å². The third-order valence-electron chi connectivity index (χ3n) is 7.02. The third kappa shape index (κ3) is 5.72. The van der Waals surface area contributed by atoms with E-state index in [1.54, 1.807) is 13.3 Å². The number of fused-ring (bicyclic) bond motifs is 3. The Balaban J connectivity index is 1.73. The fourth-order valence-corrected chi connectivity index (χ4v) is 5.39. The van der Waals surface area contributed by atoms with Gasteiger partial charge in [-0.25, -0.2) is 4.79 Å². The number of hydrogen-bond donors (Lipinski definition) is 1. The van der Waals surface area contributed by atoms with Crippen molar-refractivity contribution in [1.82, 2.24) is 9.88 Å². The van der Waals surface area contributed by atoms with Crippen LogP contribution >= 0.6 is 0 Å². The van der Waals surface area contributed by atoms with E-state index in [4.69, 9.17) is 19.9 Å². The van der Waals surface area contributed by atoms with Crippen molar-refractivity contribution in [3.8, 4) is 11.5 Å². The van der Waals surface area contributed by atoms with Crippen LogP contribution in [0.2, 0.25) is 0 Å². The van der Waals surface area contributed by atoms with Gasteiger partial charge in [0.05, 0.1) is 26.2 Å². The van der Waals surface area contributed by atoms with Gasteiger partial charge in [0.25, 0.3) is 0 Å². The summed E-state index contributed by atoms with van der Waals surface area (Å²) in [4.78, 5) is 32.2. The van der Waals surface area contributed by atoms with Crippen molar-refractivity contribution < 1.29 is 28.5 Å². The number of hydrogen-bond acceptors (Lipinski definition) is 9. The number of carbonyl (C=O) groups is 2. The van der Waals surface area contributed by atoms with Crippen molar-refractivity contribution in [2.45, 2.75) is 57.7 Å². The van der Waals surface area contributed by atoms with Gasteiger partial charge in [0.2, 0.25) is 0 Å². The van der Waals surface area contributed by atoms with Crippen LogP contribution in [0.25, 0.3) is 0 Å². The summed E-state index contributed by atoms with van der Waals surface area (Å²) in [5, 5.41) is 0. The molecular weight excluding hydrogens is 474 g/mol. The fourth-order valence-electron chi connectivity index (χ4n) is 5.39. The lowest BCUT2D eigenvalue weighted by Crippen LogP contribution is -2.59. The Hall–Kier alpha value is -3.17. The van der Waals surface area contributed by atoms with Crippen LogP contribution in [0.1, 0.15) is 55.1 Å². The Morgan fingerprint density at radius 3 is 2.57 bits per heavy atom. The van der Waals surface area contributed by atoms with Gasteiger partial charge >= 0.3 is 11.9 Å². The molecule has 0 bridgehead atoms. The van der Waals surface area contributed by atoms with Gasteiger partial charge in [-0.1, -0.05) is 0 Å². The quantitative estimate of drug-likeness (QED) is 0.585. The first-order valence-electron chi connectivity index (χ1n) is 12.6. The second-order valence-electron chi connectivity index (χ2n) is 10.8. The molecule has 0 radical (unpaired) electrons. The van der Waals surface area contributed by atoms with Gasteiger partial charge in [0.1, 0.15) is 5.60 Å². The van der Waals surface area contributed by atoms with Crippen molar-refractivity contribution in [3.05, 3.63) is 52.8 Å². The van der Waals surface area contributed by atoms with E-state index in [1.165, 1.54) is 7.11 Å². The SMILES string of the molecule is COC(=O)COc1cc2c(cc1OC)C1C(N)C(C(=O)OC(C)(C)C)C(c3cc(C)ccn3)CN1CC2. The van der Waals surface area contributed by atoms with Crippen molar-refractivity contribution in [3.63, 3.8) is 0 Å². The Morgan fingerprint density at radius 1 is 1.16 bits per heavy atom. The van der Waals surface area contributed by atoms with Crippen LogP contribution in [-0.4, -0.2) is 67.4 Å². The first kappa shape index (κ1) is 26.9. The van der Waals surface area contributed by atoms with Gasteiger partial charge in [-0.05, 0) is 75.1 Å². The first-order chi connectivity index (χ1) is 17.5. The van der Waals surface area contributed by atoms with Gasteiger partial charge in [-0.3, -0.25) is 14.7 Å². The predicted octanol–water partition coefficient (Wildman–Crippen LogP) is 2.93. The van der Waals surface area contributed by atoms with Gasteiger partial charge in [0, 0.05) is 36.9 Å². The molecule has 1 fully saturated rings. The number of esters is 2. The highest BCUT2D eigenvalue weighted by atomic mass is 16.6. The number of methoxy groups -OCH3 is 2. The van der Waals surface area contributed by atoms with E-state index in [2.05, 4.69) is 14.6 Å². The van der Waals surface area contributed by atoms with Gasteiger partial charge in [0.15, 0.2) is 18.1 Å². The zero-order chi connectivity index (χ0) is 26.9. The molecule has 2 aliphatic heterocycles. The monoisotopic (exact) mass is 511 g/mol. The highest BCUT2D eigenvalue weighted by molar-refractivity contribution is 5.76. The molecule has 0 amide bonds. The maximum Gasteiger partial charge on any atom is 0.343 e. The van der Waals surface area contributed by atoms with E-state index >= 15 is 0 Å². The summed E-state index contributed by atoms with van der Waals surface area (Å²) in [7, 11) is 2.87. The molecule has 4 atom stereocenters. The number of piperidine rings is 1. The third-order valence-corrected chi connectivity index (χ3v) is 7.02. The maximum atomic E-state index is 13.6. The Morgan fingerprint density at radius 2 is 1.92 bits per heavy atom.